The first kappa shape index (κ1) is 13.8. The quantitative estimate of drug-likeness (QED) is 0.721. The third-order valence-corrected chi connectivity index (χ3v) is 2.89. The topological polar surface area (TPSA) is 26.3 Å². The molecule has 94 valence electrons. The van der Waals surface area contributed by atoms with Gasteiger partial charge in [0.1, 0.15) is 5.75 Å². The van der Waals surface area contributed by atoms with Crippen LogP contribution in [0.3, 0.4) is 0 Å². The number of hydrogen-bond donors (Lipinski definition) is 0. The zero-order valence-corrected chi connectivity index (χ0v) is 11.5. The number of carbonyl (C=O) groups excluding carboxylic acids is 1. The maximum atomic E-state index is 12.2. The van der Waals surface area contributed by atoms with E-state index in [4.69, 9.17) is 4.74 Å². The fourth-order valence-corrected chi connectivity index (χ4v) is 1.99. The van der Waals surface area contributed by atoms with Gasteiger partial charge in [0.2, 0.25) is 0 Å². The Bertz CT molecular complexity index is 406. The summed E-state index contributed by atoms with van der Waals surface area (Å²) in [6.45, 7) is 8.25. The second kappa shape index (κ2) is 5.85. The van der Waals surface area contributed by atoms with Crippen molar-refractivity contribution in [3.05, 3.63) is 28.8 Å². The monoisotopic (exact) mass is 234 g/mol. The van der Waals surface area contributed by atoms with Crippen LogP contribution in [0.15, 0.2) is 12.1 Å². The molecule has 0 saturated heterocycles. The molecule has 0 aliphatic carbocycles. The maximum absolute atomic E-state index is 12.2. The van der Waals surface area contributed by atoms with E-state index >= 15 is 0 Å². The number of Topliss-reactive ketones (excluding diaryl/α,β-unsaturated/α-hetero) is 1. The molecule has 0 aliphatic heterocycles. The fraction of sp³-hybridized carbons (Fsp3) is 0.533. The maximum Gasteiger partial charge on any atom is 0.166 e. The van der Waals surface area contributed by atoms with Gasteiger partial charge < -0.3 is 4.74 Å². The largest absolute Gasteiger partial charge is 0.496 e. The van der Waals surface area contributed by atoms with Gasteiger partial charge in [0.25, 0.3) is 0 Å². The van der Waals surface area contributed by atoms with E-state index in [1.54, 1.807) is 7.11 Å². The van der Waals surface area contributed by atoms with Crippen LogP contribution in [0.4, 0.5) is 0 Å². The number of ketones is 1. The molecule has 0 aliphatic rings. The molecule has 2 nitrogen and oxygen atoms in total. The highest BCUT2D eigenvalue weighted by Gasteiger charge is 2.15. The van der Waals surface area contributed by atoms with Crippen LogP contribution in [0, 0.1) is 19.8 Å². The van der Waals surface area contributed by atoms with Crippen LogP contribution < -0.4 is 4.74 Å². The summed E-state index contributed by atoms with van der Waals surface area (Å²) in [6, 6.07) is 3.96. The lowest BCUT2D eigenvalue weighted by Crippen LogP contribution is -2.06. The van der Waals surface area contributed by atoms with Crippen LogP contribution in [-0.2, 0) is 0 Å². The van der Waals surface area contributed by atoms with Crippen molar-refractivity contribution in [1.29, 1.82) is 0 Å². The molecule has 0 saturated carbocycles. The molecule has 17 heavy (non-hydrogen) atoms. The van der Waals surface area contributed by atoms with Crippen molar-refractivity contribution in [3.63, 3.8) is 0 Å². The highest BCUT2D eigenvalue weighted by molar-refractivity contribution is 6.00. The van der Waals surface area contributed by atoms with E-state index in [1.165, 1.54) is 0 Å². The Morgan fingerprint density at radius 2 is 1.94 bits per heavy atom. The standard InChI is InChI=1S/C15H22O2/c1-10(2)6-7-13(16)15-12(4)8-11(3)9-14(15)17-5/h8-10H,6-7H2,1-5H3. The first-order chi connectivity index (χ1) is 7.95. The molecular formula is C15H22O2. The highest BCUT2D eigenvalue weighted by atomic mass is 16.5. The Balaban J connectivity index is 2.99. The Morgan fingerprint density at radius 3 is 2.47 bits per heavy atom. The van der Waals surface area contributed by atoms with Crippen LogP contribution in [-0.4, -0.2) is 12.9 Å². The van der Waals surface area contributed by atoms with Crippen molar-refractivity contribution in [1.82, 2.24) is 0 Å². The SMILES string of the molecule is COc1cc(C)cc(C)c1C(=O)CCC(C)C. The van der Waals surface area contributed by atoms with E-state index in [1.807, 2.05) is 26.0 Å². The van der Waals surface area contributed by atoms with Crippen molar-refractivity contribution in [3.8, 4) is 5.75 Å². The molecule has 0 amide bonds. The average Bonchev–Trinajstić information content (AvgIpc) is 2.24. The minimum atomic E-state index is 0.188. The van der Waals surface area contributed by atoms with Gasteiger partial charge in [0.05, 0.1) is 12.7 Å². The predicted octanol–water partition coefficient (Wildman–Crippen LogP) is 3.93. The van der Waals surface area contributed by atoms with Gasteiger partial charge in [-0.05, 0) is 43.4 Å². The number of rotatable bonds is 5. The van der Waals surface area contributed by atoms with E-state index < -0.39 is 0 Å². The molecule has 0 fully saturated rings. The second-order valence-corrected chi connectivity index (χ2v) is 5.01. The van der Waals surface area contributed by atoms with Crippen LogP contribution in [0.1, 0.15) is 48.2 Å². The van der Waals surface area contributed by atoms with E-state index in [9.17, 15) is 4.79 Å². The summed E-state index contributed by atoms with van der Waals surface area (Å²) < 4.78 is 5.31. The number of benzene rings is 1. The number of hydrogen-bond acceptors (Lipinski definition) is 2. The van der Waals surface area contributed by atoms with Crippen molar-refractivity contribution in [2.24, 2.45) is 5.92 Å². The van der Waals surface area contributed by atoms with Crippen LogP contribution >= 0.6 is 0 Å². The summed E-state index contributed by atoms with van der Waals surface area (Å²) in [7, 11) is 1.62. The first-order valence-electron chi connectivity index (χ1n) is 6.14. The molecule has 2 heteroatoms. The summed E-state index contributed by atoms with van der Waals surface area (Å²) >= 11 is 0. The zero-order valence-electron chi connectivity index (χ0n) is 11.5. The van der Waals surface area contributed by atoms with Gasteiger partial charge in [-0.25, -0.2) is 0 Å². The minimum absolute atomic E-state index is 0.188. The van der Waals surface area contributed by atoms with Crippen LogP contribution in [0.5, 0.6) is 5.75 Å². The van der Waals surface area contributed by atoms with Gasteiger partial charge in [-0.3, -0.25) is 4.79 Å². The summed E-state index contributed by atoms with van der Waals surface area (Å²) in [5.41, 5.74) is 2.88. The molecule has 0 bridgehead atoms. The number of carbonyl (C=O) groups is 1. The smallest absolute Gasteiger partial charge is 0.166 e. The summed E-state index contributed by atoms with van der Waals surface area (Å²) in [5, 5.41) is 0. The number of methoxy groups -OCH3 is 1. The van der Waals surface area contributed by atoms with E-state index in [2.05, 4.69) is 13.8 Å². The molecule has 0 radical (unpaired) electrons. The molecule has 0 aromatic heterocycles. The normalized spacial score (nSPS) is 10.7. The molecule has 1 aromatic rings. The molecule has 1 aromatic carbocycles. The fourth-order valence-electron chi connectivity index (χ4n) is 1.99. The summed E-state index contributed by atoms with van der Waals surface area (Å²) in [4.78, 5) is 12.2. The molecule has 0 atom stereocenters. The Morgan fingerprint density at radius 1 is 1.29 bits per heavy atom. The van der Waals surface area contributed by atoms with Crippen molar-refractivity contribution in [2.75, 3.05) is 7.11 Å². The summed E-state index contributed by atoms with van der Waals surface area (Å²) in [5.74, 6) is 1.44. The minimum Gasteiger partial charge on any atom is -0.496 e. The average molecular weight is 234 g/mol. The predicted molar refractivity (Wildman–Crippen MR) is 70.9 cm³/mol. The van der Waals surface area contributed by atoms with Gasteiger partial charge in [0, 0.05) is 6.42 Å². The van der Waals surface area contributed by atoms with Crippen molar-refractivity contribution >= 4 is 5.78 Å². The van der Waals surface area contributed by atoms with Gasteiger partial charge >= 0.3 is 0 Å². The van der Waals surface area contributed by atoms with Gasteiger partial charge in [-0.2, -0.15) is 0 Å². The van der Waals surface area contributed by atoms with Gasteiger partial charge in [-0.1, -0.05) is 19.9 Å². The molecule has 1 rings (SSSR count). The van der Waals surface area contributed by atoms with Gasteiger partial charge in [0.15, 0.2) is 5.78 Å². The molecule has 0 heterocycles. The third-order valence-electron chi connectivity index (χ3n) is 2.89. The Kier molecular flexibility index (Phi) is 4.73. The molecule has 0 unspecified atom stereocenters. The van der Waals surface area contributed by atoms with E-state index in [-0.39, 0.29) is 5.78 Å². The molecule has 0 N–H and O–H groups in total. The first-order valence-corrected chi connectivity index (χ1v) is 6.14. The zero-order chi connectivity index (χ0) is 13.0. The highest BCUT2D eigenvalue weighted by Crippen LogP contribution is 2.26. The molecule has 0 spiro atoms. The lowest BCUT2D eigenvalue weighted by Gasteiger charge is -2.12. The second-order valence-electron chi connectivity index (χ2n) is 5.01. The number of aryl methyl sites for hydroxylation is 2. The Hall–Kier alpha value is -1.31. The van der Waals surface area contributed by atoms with Gasteiger partial charge in [-0.15, -0.1) is 0 Å². The summed E-state index contributed by atoms with van der Waals surface area (Å²) in [6.07, 6.45) is 1.52. The van der Waals surface area contributed by atoms with E-state index in [0.717, 1.165) is 23.1 Å². The lowest BCUT2D eigenvalue weighted by atomic mass is 9.96. The third kappa shape index (κ3) is 3.58. The van der Waals surface area contributed by atoms with Crippen molar-refractivity contribution < 1.29 is 9.53 Å². The number of ether oxygens (including phenoxy) is 1. The van der Waals surface area contributed by atoms with Crippen molar-refractivity contribution in [2.45, 2.75) is 40.5 Å². The van der Waals surface area contributed by atoms with Crippen LogP contribution in [0.2, 0.25) is 0 Å². The molecular weight excluding hydrogens is 212 g/mol. The van der Waals surface area contributed by atoms with E-state index in [0.29, 0.717) is 18.1 Å². The Labute approximate surface area is 104 Å². The lowest BCUT2D eigenvalue weighted by molar-refractivity contribution is 0.0972. The van der Waals surface area contributed by atoms with Crippen LogP contribution in [0.25, 0.3) is 0 Å².